The molecule has 1 amide bonds. The average molecular weight is 463 g/mol. The predicted molar refractivity (Wildman–Crippen MR) is 135 cm³/mol. The van der Waals surface area contributed by atoms with E-state index < -0.39 is 0 Å². The quantitative estimate of drug-likeness (QED) is 0.602. The van der Waals surface area contributed by atoms with Crippen molar-refractivity contribution in [3.8, 4) is 6.07 Å². The molecule has 0 radical (unpaired) electrons. The van der Waals surface area contributed by atoms with E-state index in [-0.39, 0.29) is 31.4 Å². The first-order chi connectivity index (χ1) is 15.4. The minimum absolute atomic E-state index is 0. The summed E-state index contributed by atoms with van der Waals surface area (Å²) >= 11 is 0. The SMILES string of the molecule is Cc1nc(CCc2cnn(Cc3ccc(C#N)cc3)c2)cc2c1NC(=O)[C@H](C(C)C)N2C.S. The maximum Gasteiger partial charge on any atom is 0.247 e. The van der Waals surface area contributed by atoms with Crippen LogP contribution in [0.1, 0.15) is 41.9 Å². The van der Waals surface area contributed by atoms with Crippen molar-refractivity contribution in [2.45, 2.75) is 46.2 Å². The van der Waals surface area contributed by atoms with Gasteiger partial charge in [0, 0.05) is 18.9 Å². The highest BCUT2D eigenvalue weighted by molar-refractivity contribution is 7.59. The van der Waals surface area contributed by atoms with Crippen LogP contribution in [0.3, 0.4) is 0 Å². The van der Waals surface area contributed by atoms with Crippen LogP contribution in [0, 0.1) is 24.2 Å². The third-order valence-corrected chi connectivity index (χ3v) is 5.96. The van der Waals surface area contributed by atoms with Crippen LogP contribution in [-0.4, -0.2) is 33.8 Å². The highest BCUT2D eigenvalue weighted by atomic mass is 32.1. The van der Waals surface area contributed by atoms with Gasteiger partial charge in [-0.25, -0.2) is 0 Å². The number of amides is 1. The molecule has 0 saturated carbocycles. The summed E-state index contributed by atoms with van der Waals surface area (Å²) < 4.78 is 1.92. The molecule has 33 heavy (non-hydrogen) atoms. The van der Waals surface area contributed by atoms with E-state index in [0.717, 1.165) is 46.7 Å². The maximum atomic E-state index is 12.5. The molecule has 1 aliphatic heterocycles. The number of aryl methyl sites for hydroxylation is 3. The molecule has 3 heterocycles. The van der Waals surface area contributed by atoms with Crippen LogP contribution in [-0.2, 0) is 24.2 Å². The van der Waals surface area contributed by atoms with E-state index >= 15 is 0 Å². The number of benzene rings is 1. The van der Waals surface area contributed by atoms with Gasteiger partial charge in [-0.2, -0.15) is 23.9 Å². The Morgan fingerprint density at radius 1 is 1.18 bits per heavy atom. The normalized spacial score (nSPS) is 15.0. The van der Waals surface area contributed by atoms with Crippen molar-refractivity contribution in [1.82, 2.24) is 14.8 Å². The number of carbonyl (C=O) groups is 1. The van der Waals surface area contributed by atoms with Crippen molar-refractivity contribution in [1.29, 1.82) is 5.26 Å². The summed E-state index contributed by atoms with van der Waals surface area (Å²) in [7, 11) is 1.98. The molecule has 0 saturated heterocycles. The van der Waals surface area contributed by atoms with E-state index in [1.165, 1.54) is 0 Å². The molecule has 1 N–H and O–H groups in total. The second-order valence-electron chi connectivity index (χ2n) is 8.74. The number of hydrogen-bond acceptors (Lipinski definition) is 5. The number of carbonyl (C=O) groups excluding carboxylic acids is 1. The van der Waals surface area contributed by atoms with Gasteiger partial charge >= 0.3 is 0 Å². The molecular formula is C25H30N6OS. The van der Waals surface area contributed by atoms with E-state index in [1.54, 1.807) is 0 Å². The molecule has 0 fully saturated rings. The number of fused-ring (bicyclic) bond motifs is 1. The minimum atomic E-state index is -0.183. The number of nitrogens with zero attached hydrogens (tertiary/aromatic N) is 5. The number of nitriles is 1. The number of nitrogens with one attached hydrogen (secondary N) is 1. The number of likely N-dealkylation sites (N-methyl/N-ethyl adjacent to an activating group) is 1. The summed E-state index contributed by atoms with van der Waals surface area (Å²) in [5.74, 6) is 0.245. The summed E-state index contributed by atoms with van der Waals surface area (Å²) in [6.07, 6.45) is 5.59. The van der Waals surface area contributed by atoms with Crippen molar-refractivity contribution in [2.75, 3.05) is 17.3 Å². The molecule has 4 rings (SSSR count). The van der Waals surface area contributed by atoms with Crippen LogP contribution < -0.4 is 10.2 Å². The van der Waals surface area contributed by atoms with Gasteiger partial charge in [-0.1, -0.05) is 26.0 Å². The molecule has 7 nitrogen and oxygen atoms in total. The number of rotatable bonds is 6. The Bertz CT molecular complexity index is 1180. The first-order valence-corrected chi connectivity index (χ1v) is 10.9. The van der Waals surface area contributed by atoms with E-state index in [2.05, 4.69) is 47.5 Å². The fourth-order valence-corrected chi connectivity index (χ4v) is 4.32. The molecule has 0 aliphatic carbocycles. The van der Waals surface area contributed by atoms with Gasteiger partial charge in [0.1, 0.15) is 6.04 Å². The number of aromatic nitrogens is 3. The Kier molecular flexibility index (Phi) is 7.44. The Hall–Kier alpha value is -3.31. The Labute approximate surface area is 201 Å². The molecule has 0 unspecified atom stereocenters. The fourth-order valence-electron chi connectivity index (χ4n) is 4.32. The Morgan fingerprint density at radius 2 is 1.91 bits per heavy atom. The van der Waals surface area contributed by atoms with Gasteiger partial charge < -0.3 is 10.2 Å². The van der Waals surface area contributed by atoms with Crippen LogP contribution in [0.4, 0.5) is 11.4 Å². The van der Waals surface area contributed by atoms with E-state index in [0.29, 0.717) is 12.1 Å². The van der Waals surface area contributed by atoms with Crippen LogP contribution in [0.15, 0.2) is 42.7 Å². The van der Waals surface area contributed by atoms with Gasteiger partial charge in [-0.15, -0.1) is 0 Å². The van der Waals surface area contributed by atoms with Crippen LogP contribution in [0.25, 0.3) is 0 Å². The average Bonchev–Trinajstić information content (AvgIpc) is 3.21. The summed E-state index contributed by atoms with van der Waals surface area (Å²) in [5, 5.41) is 16.5. The van der Waals surface area contributed by atoms with Crippen LogP contribution in [0.5, 0.6) is 0 Å². The largest absolute Gasteiger partial charge is 0.361 e. The van der Waals surface area contributed by atoms with E-state index in [9.17, 15) is 4.79 Å². The summed E-state index contributed by atoms with van der Waals surface area (Å²) in [5.41, 5.74) is 6.61. The molecule has 1 aliphatic rings. The Balaban J connectivity index is 0.00000306. The second kappa shape index (κ2) is 10.1. The lowest BCUT2D eigenvalue weighted by Gasteiger charge is -2.38. The monoisotopic (exact) mass is 462 g/mol. The highest BCUT2D eigenvalue weighted by Crippen LogP contribution is 2.35. The zero-order chi connectivity index (χ0) is 22.8. The predicted octanol–water partition coefficient (Wildman–Crippen LogP) is 3.82. The third-order valence-electron chi connectivity index (χ3n) is 5.96. The van der Waals surface area contributed by atoms with Crippen molar-refractivity contribution < 1.29 is 4.79 Å². The number of hydrogen-bond donors (Lipinski definition) is 1. The van der Waals surface area contributed by atoms with Crippen LogP contribution in [0.2, 0.25) is 0 Å². The van der Waals surface area contributed by atoms with Gasteiger partial charge in [-0.05, 0) is 55.0 Å². The molecule has 0 bridgehead atoms. The first kappa shape index (κ1) is 24.3. The number of anilines is 2. The summed E-state index contributed by atoms with van der Waals surface area (Å²) in [6.45, 7) is 6.75. The molecule has 172 valence electrons. The lowest BCUT2D eigenvalue weighted by atomic mass is 9.97. The molecule has 8 heteroatoms. The van der Waals surface area contributed by atoms with E-state index in [4.69, 9.17) is 10.2 Å². The minimum Gasteiger partial charge on any atom is -0.361 e. The Morgan fingerprint density at radius 3 is 2.58 bits per heavy atom. The number of pyridine rings is 1. The summed E-state index contributed by atoms with van der Waals surface area (Å²) in [4.78, 5) is 19.3. The van der Waals surface area contributed by atoms with Gasteiger partial charge in [0.2, 0.25) is 5.91 Å². The van der Waals surface area contributed by atoms with E-state index in [1.807, 2.05) is 49.1 Å². The van der Waals surface area contributed by atoms with Crippen molar-refractivity contribution in [2.24, 2.45) is 5.92 Å². The highest BCUT2D eigenvalue weighted by Gasteiger charge is 2.34. The smallest absolute Gasteiger partial charge is 0.247 e. The van der Waals surface area contributed by atoms with Crippen LogP contribution >= 0.6 is 13.5 Å². The third kappa shape index (κ3) is 5.20. The first-order valence-electron chi connectivity index (χ1n) is 10.9. The maximum absolute atomic E-state index is 12.5. The van der Waals surface area contributed by atoms with Gasteiger partial charge in [0.25, 0.3) is 0 Å². The molecule has 3 aromatic rings. The summed E-state index contributed by atoms with van der Waals surface area (Å²) in [6, 6.07) is 11.6. The molecule has 1 atom stereocenters. The van der Waals surface area contributed by atoms with Crippen molar-refractivity contribution >= 4 is 30.8 Å². The second-order valence-corrected chi connectivity index (χ2v) is 8.74. The lowest BCUT2D eigenvalue weighted by molar-refractivity contribution is -0.118. The van der Waals surface area contributed by atoms with Crippen molar-refractivity contribution in [3.05, 3.63) is 70.8 Å². The topological polar surface area (TPSA) is 86.8 Å². The zero-order valence-electron chi connectivity index (χ0n) is 19.5. The fraction of sp³-hybridized carbons (Fsp3) is 0.360. The molecular weight excluding hydrogens is 432 g/mol. The van der Waals surface area contributed by atoms with Gasteiger partial charge in [0.05, 0.1) is 41.4 Å². The van der Waals surface area contributed by atoms with Gasteiger partial charge in [-0.3, -0.25) is 14.5 Å². The zero-order valence-corrected chi connectivity index (χ0v) is 20.5. The standard InChI is InChI=1S/C25H28N6O.H2S/c1-16(2)24-25(32)29-23-17(3)28-21(11-22(23)30(24)4)10-9-20-13-27-31(15-20)14-19-7-5-18(12-26)6-8-19;/h5-8,11,13,15-16,24H,9-10,14H2,1-4H3,(H,29,32);1H2/t24-;/m0./s1. The molecule has 0 spiro atoms. The molecule has 1 aromatic carbocycles. The van der Waals surface area contributed by atoms with Crippen molar-refractivity contribution in [3.63, 3.8) is 0 Å². The lowest BCUT2D eigenvalue weighted by Crippen LogP contribution is -2.49. The molecule has 2 aromatic heterocycles. The van der Waals surface area contributed by atoms with Gasteiger partial charge in [0.15, 0.2) is 0 Å².